The van der Waals surface area contributed by atoms with Crippen molar-refractivity contribution in [3.8, 4) is 12.0 Å². The van der Waals surface area contributed by atoms with Crippen molar-refractivity contribution < 1.29 is 19.0 Å². The Morgan fingerprint density at radius 2 is 1.48 bits per heavy atom. The SMILES string of the molecule is CCCCCCCCOC(=O)C[N+](C)(C)c1nc(OC)nc(OC)n1. The van der Waals surface area contributed by atoms with Crippen molar-refractivity contribution in [2.45, 2.75) is 45.4 Å². The second-order valence-electron chi connectivity index (χ2n) is 6.44. The molecule has 1 aromatic rings. The Balaban J connectivity index is 2.49. The lowest BCUT2D eigenvalue weighted by Gasteiger charge is -2.25. The van der Waals surface area contributed by atoms with E-state index in [-0.39, 0.29) is 29.0 Å². The summed E-state index contributed by atoms with van der Waals surface area (Å²) in [6.45, 7) is 2.76. The predicted molar refractivity (Wildman–Crippen MR) is 95.8 cm³/mol. The monoisotopic (exact) mass is 355 g/mol. The summed E-state index contributed by atoms with van der Waals surface area (Å²) in [7, 11) is 6.57. The molecular weight excluding hydrogens is 324 g/mol. The zero-order valence-electron chi connectivity index (χ0n) is 16.1. The number of ether oxygens (including phenoxy) is 3. The number of rotatable bonds is 12. The van der Waals surface area contributed by atoms with Crippen molar-refractivity contribution in [3.05, 3.63) is 0 Å². The van der Waals surface area contributed by atoms with Crippen LogP contribution in [0.5, 0.6) is 12.0 Å². The molecule has 1 rings (SSSR count). The van der Waals surface area contributed by atoms with Crippen LogP contribution in [0.15, 0.2) is 0 Å². The first kappa shape index (κ1) is 21.1. The maximum Gasteiger partial charge on any atom is 0.362 e. The first-order chi connectivity index (χ1) is 11.9. The number of likely N-dealkylation sites (N-methyl/N-ethyl adjacent to an activating group) is 1. The molecule has 0 fully saturated rings. The molecule has 0 bridgehead atoms. The maximum atomic E-state index is 12.1. The molecule has 1 aromatic heterocycles. The molecule has 25 heavy (non-hydrogen) atoms. The van der Waals surface area contributed by atoms with E-state index in [2.05, 4.69) is 21.9 Å². The number of hydrogen-bond donors (Lipinski definition) is 0. The number of hydrogen-bond acceptors (Lipinski definition) is 7. The molecule has 0 spiro atoms. The van der Waals surface area contributed by atoms with E-state index in [0.717, 1.165) is 12.8 Å². The van der Waals surface area contributed by atoms with Gasteiger partial charge in [0.15, 0.2) is 6.54 Å². The number of unbranched alkanes of at least 4 members (excludes halogenated alkanes) is 5. The minimum absolute atomic E-state index is 0.116. The Bertz CT molecular complexity index is 515. The number of methoxy groups -OCH3 is 2. The van der Waals surface area contributed by atoms with Crippen molar-refractivity contribution >= 4 is 11.9 Å². The van der Waals surface area contributed by atoms with Gasteiger partial charge in [0.05, 0.1) is 34.9 Å². The molecule has 0 aliphatic heterocycles. The van der Waals surface area contributed by atoms with Crippen molar-refractivity contribution in [2.24, 2.45) is 0 Å². The maximum absolute atomic E-state index is 12.1. The molecule has 0 saturated heterocycles. The lowest BCUT2D eigenvalue weighted by Crippen LogP contribution is -2.46. The fraction of sp³-hybridized carbons (Fsp3) is 0.765. The topological polar surface area (TPSA) is 83.4 Å². The normalized spacial score (nSPS) is 11.2. The summed E-state index contributed by atoms with van der Waals surface area (Å²) in [5.41, 5.74) is 0. The summed E-state index contributed by atoms with van der Waals surface area (Å²) in [5, 5.41) is 0. The van der Waals surface area contributed by atoms with E-state index in [4.69, 9.17) is 14.2 Å². The van der Waals surface area contributed by atoms with Crippen molar-refractivity contribution in [3.63, 3.8) is 0 Å². The molecule has 0 aliphatic rings. The van der Waals surface area contributed by atoms with Gasteiger partial charge >= 0.3 is 23.9 Å². The highest BCUT2D eigenvalue weighted by molar-refractivity contribution is 5.73. The summed E-state index contributed by atoms with van der Waals surface area (Å²) in [5.74, 6) is 0.0946. The van der Waals surface area contributed by atoms with Gasteiger partial charge in [-0.05, 0) is 6.42 Å². The molecule has 0 radical (unpaired) electrons. The Labute approximate surface area is 150 Å². The first-order valence-electron chi connectivity index (χ1n) is 8.76. The van der Waals surface area contributed by atoms with Crippen LogP contribution in [0.1, 0.15) is 45.4 Å². The number of carbonyl (C=O) groups is 1. The molecule has 142 valence electrons. The zero-order valence-corrected chi connectivity index (χ0v) is 16.1. The van der Waals surface area contributed by atoms with Gasteiger partial charge in [-0.3, -0.25) is 4.48 Å². The Kier molecular flexibility index (Phi) is 9.12. The van der Waals surface area contributed by atoms with E-state index in [0.29, 0.717) is 12.6 Å². The average Bonchev–Trinajstić information content (AvgIpc) is 2.60. The van der Waals surface area contributed by atoms with E-state index < -0.39 is 0 Å². The van der Waals surface area contributed by atoms with Gasteiger partial charge in [-0.1, -0.05) is 39.0 Å². The fourth-order valence-electron chi connectivity index (χ4n) is 2.29. The highest BCUT2D eigenvalue weighted by Gasteiger charge is 2.29. The third-order valence-corrected chi connectivity index (χ3v) is 3.77. The third-order valence-electron chi connectivity index (χ3n) is 3.77. The van der Waals surface area contributed by atoms with Gasteiger partial charge in [-0.15, -0.1) is 15.0 Å². The molecule has 0 unspecified atom stereocenters. The van der Waals surface area contributed by atoms with Gasteiger partial charge in [0.1, 0.15) is 0 Å². The van der Waals surface area contributed by atoms with Crippen LogP contribution in [0.2, 0.25) is 0 Å². The minimum Gasteiger partial charge on any atom is -0.466 e. The summed E-state index contributed by atoms with van der Waals surface area (Å²) >= 11 is 0. The van der Waals surface area contributed by atoms with Crippen LogP contribution in [0, 0.1) is 0 Å². The molecule has 8 nitrogen and oxygen atoms in total. The molecule has 0 aliphatic carbocycles. The van der Waals surface area contributed by atoms with E-state index in [1.807, 2.05) is 14.1 Å². The van der Waals surface area contributed by atoms with Crippen LogP contribution in [0.4, 0.5) is 5.95 Å². The van der Waals surface area contributed by atoms with Gasteiger partial charge in [-0.2, -0.15) is 0 Å². The summed E-state index contributed by atoms with van der Waals surface area (Å²) in [6, 6.07) is 0.294. The Hall–Kier alpha value is -1.96. The van der Waals surface area contributed by atoms with Gasteiger partial charge in [-0.25, -0.2) is 4.79 Å². The quantitative estimate of drug-likeness (QED) is 0.323. The summed E-state index contributed by atoms with van der Waals surface area (Å²) in [4.78, 5) is 24.5. The van der Waals surface area contributed by atoms with Gasteiger partial charge in [0.2, 0.25) is 0 Å². The number of aromatic nitrogens is 3. The second-order valence-corrected chi connectivity index (χ2v) is 6.44. The third kappa shape index (κ3) is 7.64. The van der Waals surface area contributed by atoms with E-state index in [1.165, 1.54) is 39.9 Å². The van der Waals surface area contributed by atoms with Crippen LogP contribution in [-0.2, 0) is 9.53 Å². The molecule has 0 saturated carbocycles. The molecule has 0 aromatic carbocycles. The van der Waals surface area contributed by atoms with E-state index in [1.54, 1.807) is 0 Å². The Morgan fingerprint density at radius 1 is 0.920 bits per heavy atom. The second kappa shape index (κ2) is 10.8. The minimum atomic E-state index is -0.281. The smallest absolute Gasteiger partial charge is 0.362 e. The van der Waals surface area contributed by atoms with Crippen molar-refractivity contribution in [1.29, 1.82) is 0 Å². The highest BCUT2D eigenvalue weighted by Crippen LogP contribution is 2.19. The van der Waals surface area contributed by atoms with E-state index in [9.17, 15) is 4.79 Å². The lowest BCUT2D eigenvalue weighted by molar-refractivity contribution is -0.144. The standard InChI is InChI=1S/C17H31N4O4/c1-6-7-8-9-10-11-12-25-14(22)13-21(2,3)15-18-16(23-4)20-17(19-15)24-5/h6-13H2,1-5H3/q+1. The molecular formula is C17H31N4O4+. The van der Waals surface area contributed by atoms with Gasteiger partial charge in [0, 0.05) is 0 Å². The molecule has 0 atom stereocenters. The van der Waals surface area contributed by atoms with Gasteiger partial charge < -0.3 is 14.2 Å². The number of esters is 1. The molecule has 8 heteroatoms. The number of quaternary nitrogens is 1. The van der Waals surface area contributed by atoms with Crippen LogP contribution < -0.4 is 14.0 Å². The molecule has 0 amide bonds. The number of carbonyl (C=O) groups excluding carboxylic acids is 1. The Morgan fingerprint density at radius 3 is 2.04 bits per heavy atom. The zero-order chi connectivity index (χ0) is 18.7. The summed E-state index contributed by atoms with van der Waals surface area (Å²) < 4.78 is 15.5. The van der Waals surface area contributed by atoms with Crippen LogP contribution in [-0.4, -0.2) is 62.4 Å². The summed E-state index contributed by atoms with van der Waals surface area (Å²) in [6.07, 6.45) is 6.93. The number of nitrogens with zero attached hydrogens (tertiary/aromatic N) is 4. The first-order valence-corrected chi connectivity index (χ1v) is 8.76. The molecule has 1 heterocycles. The van der Waals surface area contributed by atoms with Crippen LogP contribution in [0.25, 0.3) is 0 Å². The predicted octanol–water partition coefficient (Wildman–Crippen LogP) is 2.36. The van der Waals surface area contributed by atoms with Crippen LogP contribution in [0.3, 0.4) is 0 Å². The largest absolute Gasteiger partial charge is 0.466 e. The van der Waals surface area contributed by atoms with E-state index >= 15 is 0 Å². The lowest BCUT2D eigenvalue weighted by atomic mass is 10.1. The highest BCUT2D eigenvalue weighted by atomic mass is 16.5. The fourth-order valence-corrected chi connectivity index (χ4v) is 2.29. The van der Waals surface area contributed by atoms with Crippen LogP contribution >= 0.6 is 0 Å². The van der Waals surface area contributed by atoms with Gasteiger partial charge in [0.25, 0.3) is 0 Å². The van der Waals surface area contributed by atoms with Crippen molar-refractivity contribution in [2.75, 3.05) is 41.5 Å². The van der Waals surface area contributed by atoms with Crippen molar-refractivity contribution in [1.82, 2.24) is 19.4 Å². The molecule has 0 N–H and O–H groups in total. The average molecular weight is 355 g/mol.